The van der Waals surface area contributed by atoms with E-state index in [-0.39, 0.29) is 24.5 Å². The lowest BCUT2D eigenvalue weighted by Crippen LogP contribution is -2.51. The Morgan fingerprint density at radius 3 is 2.43 bits per heavy atom. The highest BCUT2D eigenvalue weighted by atomic mass is 16.5. The zero-order valence-corrected chi connectivity index (χ0v) is 17.7. The van der Waals surface area contributed by atoms with Crippen molar-refractivity contribution in [2.75, 3.05) is 26.9 Å². The lowest BCUT2D eigenvalue weighted by molar-refractivity contribution is -0.139. The molecule has 164 valence electrons. The molecule has 1 atom stereocenters. The highest BCUT2D eigenvalue weighted by Crippen LogP contribution is 2.22. The third-order valence-corrected chi connectivity index (χ3v) is 4.47. The van der Waals surface area contributed by atoms with Crippen LogP contribution in [0.4, 0.5) is 4.79 Å². The number of nitrogens with one attached hydrogen (secondary N) is 2. The van der Waals surface area contributed by atoms with Crippen LogP contribution in [0.3, 0.4) is 0 Å². The van der Waals surface area contributed by atoms with Gasteiger partial charge in [-0.1, -0.05) is 6.92 Å². The van der Waals surface area contributed by atoms with Gasteiger partial charge in [-0.2, -0.15) is 0 Å². The van der Waals surface area contributed by atoms with E-state index < -0.39 is 24.0 Å². The molecule has 9 heteroatoms. The zero-order chi connectivity index (χ0) is 22.1. The number of rotatable bonds is 10. The average molecular weight is 420 g/mol. The number of amides is 2. The Morgan fingerprint density at radius 2 is 1.80 bits per heavy atom. The van der Waals surface area contributed by atoms with Gasteiger partial charge >= 0.3 is 18.0 Å². The van der Waals surface area contributed by atoms with E-state index in [0.717, 1.165) is 0 Å². The molecular weight excluding hydrogens is 392 g/mol. The van der Waals surface area contributed by atoms with Gasteiger partial charge in [-0.3, -0.25) is 0 Å². The summed E-state index contributed by atoms with van der Waals surface area (Å²) in [6.45, 7) is 6.12. The normalized spacial score (nSPS) is 15.9. The van der Waals surface area contributed by atoms with Crippen LogP contribution in [0.5, 0.6) is 5.75 Å². The van der Waals surface area contributed by atoms with Crippen LogP contribution in [-0.4, -0.2) is 50.9 Å². The van der Waals surface area contributed by atoms with Crippen molar-refractivity contribution in [3.8, 4) is 5.75 Å². The smallest absolute Gasteiger partial charge is 0.338 e. The first-order valence-electron chi connectivity index (χ1n) is 9.84. The molecular formula is C21H28N2O7. The van der Waals surface area contributed by atoms with Gasteiger partial charge in [-0.05, 0) is 38.5 Å². The summed E-state index contributed by atoms with van der Waals surface area (Å²) < 4.78 is 21.2. The van der Waals surface area contributed by atoms with E-state index in [0.29, 0.717) is 36.5 Å². The number of hydrogen-bond donors (Lipinski definition) is 2. The quantitative estimate of drug-likeness (QED) is 0.559. The number of esters is 2. The summed E-state index contributed by atoms with van der Waals surface area (Å²) in [7, 11) is 1.54. The van der Waals surface area contributed by atoms with E-state index >= 15 is 0 Å². The van der Waals surface area contributed by atoms with Crippen LogP contribution in [0, 0.1) is 0 Å². The van der Waals surface area contributed by atoms with E-state index in [1.807, 2.05) is 13.8 Å². The van der Waals surface area contributed by atoms with Crippen molar-refractivity contribution in [2.24, 2.45) is 0 Å². The second-order valence-corrected chi connectivity index (χ2v) is 6.41. The Balaban J connectivity index is 2.21. The Hall–Kier alpha value is -3.07. The number of ether oxygens (including phenoxy) is 4. The van der Waals surface area contributed by atoms with Gasteiger partial charge in [0.05, 0.1) is 43.2 Å². The van der Waals surface area contributed by atoms with Gasteiger partial charge in [0.2, 0.25) is 0 Å². The Labute approximate surface area is 175 Å². The highest BCUT2D eigenvalue weighted by Gasteiger charge is 2.32. The van der Waals surface area contributed by atoms with Crippen molar-refractivity contribution >= 4 is 18.0 Å². The largest absolute Gasteiger partial charge is 0.496 e. The molecule has 0 fully saturated rings. The summed E-state index contributed by atoms with van der Waals surface area (Å²) in [5.41, 5.74) is 1.47. The third kappa shape index (κ3) is 5.73. The minimum Gasteiger partial charge on any atom is -0.496 e. The first-order chi connectivity index (χ1) is 14.4. The van der Waals surface area contributed by atoms with Crippen molar-refractivity contribution in [2.45, 2.75) is 39.8 Å². The van der Waals surface area contributed by atoms with Crippen LogP contribution in [0.1, 0.15) is 43.1 Å². The molecule has 1 aromatic rings. The molecule has 0 unspecified atom stereocenters. The van der Waals surface area contributed by atoms with Gasteiger partial charge in [0.1, 0.15) is 12.4 Å². The lowest BCUT2D eigenvalue weighted by atomic mass is 10.0. The Bertz CT molecular complexity index is 820. The lowest BCUT2D eigenvalue weighted by Gasteiger charge is -2.28. The second-order valence-electron chi connectivity index (χ2n) is 6.41. The Kier molecular flexibility index (Phi) is 8.67. The number of benzene rings is 1. The van der Waals surface area contributed by atoms with Crippen molar-refractivity contribution in [1.29, 1.82) is 0 Å². The predicted octanol–water partition coefficient (Wildman–Crippen LogP) is 2.30. The fourth-order valence-electron chi connectivity index (χ4n) is 3.03. The predicted molar refractivity (Wildman–Crippen MR) is 108 cm³/mol. The number of carbonyl (C=O) groups excluding carboxylic acids is 3. The molecule has 1 aliphatic heterocycles. The minimum absolute atomic E-state index is 0.189. The molecule has 2 rings (SSSR count). The molecule has 0 bridgehead atoms. The fraction of sp³-hybridized carbons (Fsp3) is 0.476. The third-order valence-electron chi connectivity index (χ3n) is 4.47. The molecule has 1 heterocycles. The number of carbonyl (C=O) groups is 3. The molecule has 9 nitrogen and oxygen atoms in total. The van der Waals surface area contributed by atoms with E-state index in [2.05, 4.69) is 10.6 Å². The minimum atomic E-state index is -0.605. The van der Waals surface area contributed by atoms with Crippen LogP contribution in [0.15, 0.2) is 29.5 Å². The number of urea groups is 1. The topological polar surface area (TPSA) is 112 Å². The van der Waals surface area contributed by atoms with Crippen LogP contribution in [-0.2, 0) is 25.6 Å². The molecule has 0 spiro atoms. The molecule has 2 amide bonds. The van der Waals surface area contributed by atoms with E-state index in [1.165, 1.54) is 7.11 Å². The van der Waals surface area contributed by atoms with E-state index in [9.17, 15) is 14.4 Å². The van der Waals surface area contributed by atoms with Gasteiger partial charge in [-0.25, -0.2) is 14.4 Å². The maximum atomic E-state index is 12.6. The zero-order valence-electron chi connectivity index (χ0n) is 17.7. The van der Waals surface area contributed by atoms with Crippen LogP contribution in [0.2, 0.25) is 0 Å². The van der Waals surface area contributed by atoms with E-state index in [4.69, 9.17) is 18.9 Å². The molecule has 1 aliphatic rings. The average Bonchev–Trinajstić information content (AvgIpc) is 2.75. The second kappa shape index (κ2) is 11.2. The van der Waals surface area contributed by atoms with Gasteiger partial charge < -0.3 is 29.6 Å². The van der Waals surface area contributed by atoms with Gasteiger partial charge in [0.15, 0.2) is 0 Å². The summed E-state index contributed by atoms with van der Waals surface area (Å²) in [5, 5.41) is 5.21. The van der Waals surface area contributed by atoms with Crippen molar-refractivity contribution in [3.63, 3.8) is 0 Å². The highest BCUT2D eigenvalue weighted by molar-refractivity contribution is 5.95. The first-order valence-corrected chi connectivity index (χ1v) is 9.84. The summed E-state index contributed by atoms with van der Waals surface area (Å²) in [6, 6.07) is 3.88. The van der Waals surface area contributed by atoms with Crippen molar-refractivity contribution < 1.29 is 33.3 Å². The molecule has 0 aromatic heterocycles. The maximum Gasteiger partial charge on any atom is 0.338 e. The molecule has 2 N–H and O–H groups in total. The monoisotopic (exact) mass is 420 g/mol. The maximum absolute atomic E-state index is 12.6. The summed E-state index contributed by atoms with van der Waals surface area (Å²) in [5.74, 6) is -0.568. The fourth-order valence-corrected chi connectivity index (χ4v) is 3.03. The molecule has 0 aliphatic carbocycles. The molecule has 0 saturated carbocycles. The van der Waals surface area contributed by atoms with Crippen molar-refractivity contribution in [3.05, 3.63) is 40.6 Å². The van der Waals surface area contributed by atoms with Gasteiger partial charge in [0, 0.05) is 12.2 Å². The first kappa shape index (κ1) is 23.2. The summed E-state index contributed by atoms with van der Waals surface area (Å²) >= 11 is 0. The van der Waals surface area contributed by atoms with Crippen LogP contribution < -0.4 is 15.4 Å². The summed E-state index contributed by atoms with van der Waals surface area (Å²) in [4.78, 5) is 36.9. The van der Waals surface area contributed by atoms with Crippen LogP contribution in [0.25, 0.3) is 0 Å². The standard InChI is InChI=1S/C21H28N2O7/c1-5-15-18(20(25)29-7-3)16(23-21(26)22-15)12-30-19(24)13-8-9-17(27-4)14(10-13)11-28-6-2/h8-10,15H,5-7,11-12H2,1-4H3,(H2,22,23,26)/t15-/m1/s1. The van der Waals surface area contributed by atoms with Gasteiger partial charge in [0.25, 0.3) is 0 Å². The molecule has 0 radical (unpaired) electrons. The molecule has 1 aromatic carbocycles. The molecule has 30 heavy (non-hydrogen) atoms. The summed E-state index contributed by atoms with van der Waals surface area (Å²) in [6.07, 6.45) is 0.484. The Morgan fingerprint density at radius 1 is 1.03 bits per heavy atom. The van der Waals surface area contributed by atoms with Crippen molar-refractivity contribution in [1.82, 2.24) is 10.6 Å². The molecule has 0 saturated heterocycles. The number of methoxy groups -OCH3 is 1. The SMILES string of the molecule is CCOCc1cc(C(=O)OCC2=C(C(=O)OCC)[C@@H](CC)NC(=O)N2)ccc1OC. The van der Waals surface area contributed by atoms with Gasteiger partial charge in [-0.15, -0.1) is 0 Å². The van der Waals surface area contributed by atoms with Crippen LogP contribution >= 0.6 is 0 Å². The van der Waals surface area contributed by atoms with E-state index in [1.54, 1.807) is 25.1 Å². The number of hydrogen-bond acceptors (Lipinski definition) is 7.